The van der Waals surface area contributed by atoms with E-state index in [-0.39, 0.29) is 11.8 Å². The van der Waals surface area contributed by atoms with E-state index in [1.165, 1.54) is 4.70 Å². The van der Waals surface area contributed by atoms with Crippen LogP contribution in [0.3, 0.4) is 0 Å². The Bertz CT molecular complexity index is 971. The Morgan fingerprint density at radius 2 is 1.46 bits per heavy atom. The first-order chi connectivity index (χ1) is 13.8. The largest absolute Gasteiger partial charge is 0.355 e. The number of aromatic nitrogens is 1. The lowest BCUT2D eigenvalue weighted by molar-refractivity contribution is -0.121. The van der Waals surface area contributed by atoms with Crippen LogP contribution in [-0.4, -0.2) is 17.4 Å². The number of para-hydroxylation sites is 1. The summed E-state index contributed by atoms with van der Waals surface area (Å²) < 4.78 is 1.22. The molecule has 4 heteroatoms. The fraction of sp³-hybridized carbons (Fsp3) is 0.167. The highest BCUT2D eigenvalue weighted by atomic mass is 32.1. The molecule has 140 valence electrons. The molecule has 0 bridgehead atoms. The van der Waals surface area contributed by atoms with Crippen LogP contribution in [-0.2, 0) is 11.2 Å². The van der Waals surface area contributed by atoms with Gasteiger partial charge in [-0.15, -0.1) is 11.3 Å². The number of carbonyl (C=O) groups is 1. The second-order valence-corrected chi connectivity index (χ2v) is 7.84. The minimum absolute atomic E-state index is 0.0432. The molecule has 0 atom stereocenters. The van der Waals surface area contributed by atoms with Gasteiger partial charge >= 0.3 is 0 Å². The van der Waals surface area contributed by atoms with Gasteiger partial charge in [0.05, 0.1) is 21.1 Å². The second-order valence-electron chi connectivity index (χ2n) is 6.72. The average Bonchev–Trinajstić information content (AvgIpc) is 3.16. The van der Waals surface area contributed by atoms with Gasteiger partial charge in [-0.1, -0.05) is 72.8 Å². The number of benzene rings is 3. The lowest BCUT2D eigenvalue weighted by atomic mass is 9.90. The highest BCUT2D eigenvalue weighted by Crippen LogP contribution is 2.25. The SMILES string of the molecule is O=C(NCCCc1nc2ccccc2s1)C(c1ccccc1)c1ccccc1. The average molecular weight is 387 g/mol. The summed E-state index contributed by atoms with van der Waals surface area (Å²) in [6.45, 7) is 0.644. The van der Waals surface area contributed by atoms with E-state index in [1.54, 1.807) is 11.3 Å². The summed E-state index contributed by atoms with van der Waals surface area (Å²) in [6.07, 6.45) is 1.75. The summed E-state index contributed by atoms with van der Waals surface area (Å²) in [5, 5.41) is 4.24. The Morgan fingerprint density at radius 1 is 0.857 bits per heavy atom. The van der Waals surface area contributed by atoms with Crippen LogP contribution in [0.4, 0.5) is 0 Å². The van der Waals surface area contributed by atoms with Crippen LogP contribution in [0.15, 0.2) is 84.9 Å². The molecule has 1 amide bonds. The summed E-state index contributed by atoms with van der Waals surface area (Å²) in [4.78, 5) is 17.6. The van der Waals surface area contributed by atoms with Crippen molar-refractivity contribution in [3.05, 3.63) is 101 Å². The molecule has 0 aliphatic rings. The van der Waals surface area contributed by atoms with Gasteiger partial charge < -0.3 is 5.32 Å². The van der Waals surface area contributed by atoms with Crippen molar-refractivity contribution in [3.63, 3.8) is 0 Å². The van der Waals surface area contributed by atoms with Crippen molar-refractivity contribution in [3.8, 4) is 0 Å². The molecular weight excluding hydrogens is 364 g/mol. The zero-order chi connectivity index (χ0) is 19.2. The summed E-state index contributed by atoms with van der Waals surface area (Å²) >= 11 is 1.73. The van der Waals surface area contributed by atoms with Crippen LogP contribution in [0.2, 0.25) is 0 Å². The number of aryl methyl sites for hydroxylation is 1. The Morgan fingerprint density at radius 3 is 2.11 bits per heavy atom. The molecule has 0 aliphatic heterocycles. The monoisotopic (exact) mass is 386 g/mol. The number of nitrogens with one attached hydrogen (secondary N) is 1. The number of amides is 1. The summed E-state index contributed by atoms with van der Waals surface area (Å²) in [6, 6.07) is 28.1. The maximum Gasteiger partial charge on any atom is 0.232 e. The Kier molecular flexibility index (Phi) is 5.78. The molecule has 4 aromatic rings. The minimum atomic E-state index is -0.287. The molecule has 0 saturated carbocycles. The van der Waals surface area contributed by atoms with Crippen molar-refractivity contribution in [1.82, 2.24) is 10.3 Å². The van der Waals surface area contributed by atoms with E-state index >= 15 is 0 Å². The predicted octanol–water partition coefficient (Wildman–Crippen LogP) is 5.18. The Labute approximate surface area is 169 Å². The molecule has 4 rings (SSSR count). The van der Waals surface area contributed by atoms with Crippen molar-refractivity contribution in [2.75, 3.05) is 6.54 Å². The van der Waals surface area contributed by atoms with Crippen molar-refractivity contribution < 1.29 is 4.79 Å². The van der Waals surface area contributed by atoms with Crippen LogP contribution in [0, 0.1) is 0 Å². The number of rotatable bonds is 7. The van der Waals surface area contributed by atoms with E-state index in [0.717, 1.165) is 34.5 Å². The number of fused-ring (bicyclic) bond motifs is 1. The van der Waals surface area contributed by atoms with Crippen molar-refractivity contribution >= 4 is 27.5 Å². The van der Waals surface area contributed by atoms with Crippen molar-refractivity contribution in [2.45, 2.75) is 18.8 Å². The van der Waals surface area contributed by atoms with Crippen LogP contribution < -0.4 is 5.32 Å². The number of carbonyl (C=O) groups excluding carboxylic acids is 1. The first-order valence-corrected chi connectivity index (χ1v) is 10.3. The molecule has 1 N–H and O–H groups in total. The van der Waals surface area contributed by atoms with E-state index in [2.05, 4.69) is 16.4 Å². The Balaban J connectivity index is 1.39. The first kappa shape index (κ1) is 18.4. The highest BCUT2D eigenvalue weighted by molar-refractivity contribution is 7.18. The van der Waals surface area contributed by atoms with E-state index in [9.17, 15) is 4.79 Å². The van der Waals surface area contributed by atoms with Gasteiger partial charge in [0.15, 0.2) is 0 Å². The zero-order valence-electron chi connectivity index (χ0n) is 15.5. The highest BCUT2D eigenvalue weighted by Gasteiger charge is 2.21. The molecule has 28 heavy (non-hydrogen) atoms. The van der Waals surface area contributed by atoms with Crippen LogP contribution in [0.1, 0.15) is 28.5 Å². The number of hydrogen-bond acceptors (Lipinski definition) is 3. The van der Waals surface area contributed by atoms with E-state index in [1.807, 2.05) is 78.9 Å². The van der Waals surface area contributed by atoms with Crippen LogP contribution >= 0.6 is 11.3 Å². The minimum Gasteiger partial charge on any atom is -0.355 e. The number of nitrogens with zero attached hydrogens (tertiary/aromatic N) is 1. The van der Waals surface area contributed by atoms with Gasteiger partial charge in [-0.05, 0) is 29.7 Å². The quantitative estimate of drug-likeness (QED) is 0.445. The molecule has 0 fully saturated rings. The molecule has 0 aliphatic carbocycles. The van der Waals surface area contributed by atoms with Gasteiger partial charge in [-0.2, -0.15) is 0 Å². The molecule has 0 saturated heterocycles. The molecule has 3 nitrogen and oxygen atoms in total. The summed E-state index contributed by atoms with van der Waals surface area (Å²) in [5.74, 6) is -0.244. The zero-order valence-corrected chi connectivity index (χ0v) is 16.4. The van der Waals surface area contributed by atoms with Gasteiger partial charge in [-0.25, -0.2) is 4.98 Å². The third-order valence-corrected chi connectivity index (χ3v) is 5.83. The summed E-state index contributed by atoms with van der Waals surface area (Å²) in [5.41, 5.74) is 3.08. The molecule has 0 radical (unpaired) electrons. The van der Waals surface area contributed by atoms with E-state index in [0.29, 0.717) is 6.54 Å². The van der Waals surface area contributed by atoms with Gasteiger partial charge in [-0.3, -0.25) is 4.79 Å². The third-order valence-electron chi connectivity index (χ3n) is 4.73. The first-order valence-electron chi connectivity index (χ1n) is 9.53. The third kappa shape index (κ3) is 4.29. The smallest absolute Gasteiger partial charge is 0.232 e. The van der Waals surface area contributed by atoms with Gasteiger partial charge in [0.2, 0.25) is 5.91 Å². The van der Waals surface area contributed by atoms with E-state index < -0.39 is 0 Å². The lowest BCUT2D eigenvalue weighted by Gasteiger charge is -2.17. The van der Waals surface area contributed by atoms with Crippen LogP contribution in [0.25, 0.3) is 10.2 Å². The fourth-order valence-electron chi connectivity index (χ4n) is 3.37. The second kappa shape index (κ2) is 8.81. The summed E-state index contributed by atoms with van der Waals surface area (Å²) in [7, 11) is 0. The maximum absolute atomic E-state index is 13.0. The van der Waals surface area contributed by atoms with Crippen molar-refractivity contribution in [1.29, 1.82) is 0 Å². The molecule has 1 aromatic heterocycles. The molecule has 3 aromatic carbocycles. The van der Waals surface area contributed by atoms with Gasteiger partial charge in [0.25, 0.3) is 0 Å². The molecule has 1 heterocycles. The lowest BCUT2D eigenvalue weighted by Crippen LogP contribution is -2.31. The van der Waals surface area contributed by atoms with E-state index in [4.69, 9.17) is 0 Å². The normalized spacial score (nSPS) is 11.0. The van der Waals surface area contributed by atoms with Gasteiger partial charge in [0, 0.05) is 13.0 Å². The Hall–Kier alpha value is -2.98. The van der Waals surface area contributed by atoms with Gasteiger partial charge in [0.1, 0.15) is 0 Å². The molecular formula is C24H22N2OS. The topological polar surface area (TPSA) is 42.0 Å². The number of thiazole rings is 1. The molecule has 0 spiro atoms. The molecule has 0 unspecified atom stereocenters. The predicted molar refractivity (Wildman–Crippen MR) is 116 cm³/mol. The maximum atomic E-state index is 13.0. The van der Waals surface area contributed by atoms with Crippen LogP contribution in [0.5, 0.6) is 0 Å². The fourth-order valence-corrected chi connectivity index (χ4v) is 4.38. The standard InChI is InChI=1S/C24H22N2OS/c27-24(23(18-10-3-1-4-11-18)19-12-5-2-6-13-19)25-17-9-16-22-26-20-14-7-8-15-21(20)28-22/h1-8,10-15,23H,9,16-17H2,(H,25,27). The van der Waals surface area contributed by atoms with Crippen molar-refractivity contribution in [2.24, 2.45) is 0 Å². The number of hydrogen-bond donors (Lipinski definition) is 1.